The van der Waals surface area contributed by atoms with Crippen LogP contribution in [-0.4, -0.2) is 12.5 Å². The lowest BCUT2D eigenvalue weighted by atomic mass is 10.0. The molecule has 0 atom stereocenters. The van der Waals surface area contributed by atoms with Gasteiger partial charge in [-0.2, -0.15) is 5.26 Å². The molecule has 0 aliphatic heterocycles. The highest BCUT2D eigenvalue weighted by Gasteiger charge is 2.10. The van der Waals surface area contributed by atoms with Gasteiger partial charge in [-0.05, 0) is 42.8 Å². The van der Waals surface area contributed by atoms with Gasteiger partial charge in [0.1, 0.15) is 0 Å². The van der Waals surface area contributed by atoms with E-state index >= 15 is 0 Å². The van der Waals surface area contributed by atoms with E-state index in [4.69, 9.17) is 11.0 Å². The summed E-state index contributed by atoms with van der Waals surface area (Å²) in [5.41, 5.74) is 8.20. The molecule has 0 heterocycles. The van der Waals surface area contributed by atoms with Crippen LogP contribution in [0, 0.1) is 11.3 Å². The monoisotopic (exact) mass is 265 g/mol. The van der Waals surface area contributed by atoms with Crippen molar-refractivity contribution in [3.63, 3.8) is 0 Å². The van der Waals surface area contributed by atoms with Crippen LogP contribution in [0.25, 0.3) is 0 Å². The second-order valence-electron chi connectivity index (χ2n) is 4.34. The van der Waals surface area contributed by atoms with Gasteiger partial charge in [0.05, 0.1) is 11.6 Å². The van der Waals surface area contributed by atoms with Crippen LogP contribution >= 0.6 is 0 Å². The first-order valence-electron chi connectivity index (χ1n) is 6.34. The lowest BCUT2D eigenvalue weighted by Crippen LogP contribution is -2.15. The number of carbonyl (C=O) groups is 1. The van der Waals surface area contributed by atoms with E-state index in [1.54, 1.807) is 30.3 Å². The number of nitrogens with one attached hydrogen (secondary N) is 1. The summed E-state index contributed by atoms with van der Waals surface area (Å²) in [5.74, 6) is -0.191. The molecule has 1 amide bonds. The van der Waals surface area contributed by atoms with E-state index in [2.05, 4.69) is 5.32 Å². The molecule has 0 unspecified atom stereocenters. The van der Waals surface area contributed by atoms with Crippen LogP contribution in [0.2, 0.25) is 0 Å². The Hall–Kier alpha value is -2.64. The van der Waals surface area contributed by atoms with Crippen LogP contribution in [0.15, 0.2) is 48.5 Å². The molecule has 2 aromatic carbocycles. The summed E-state index contributed by atoms with van der Waals surface area (Å²) < 4.78 is 0. The highest BCUT2D eigenvalue weighted by atomic mass is 16.1. The highest BCUT2D eigenvalue weighted by Crippen LogP contribution is 2.14. The first kappa shape index (κ1) is 13.8. The molecule has 0 bridgehead atoms. The van der Waals surface area contributed by atoms with Crippen molar-refractivity contribution in [2.24, 2.45) is 5.73 Å². The van der Waals surface area contributed by atoms with Crippen LogP contribution in [-0.2, 0) is 6.42 Å². The number of carbonyl (C=O) groups excluding carboxylic acids is 1. The maximum absolute atomic E-state index is 12.3. The Morgan fingerprint density at radius 1 is 1.20 bits per heavy atom. The molecule has 3 N–H and O–H groups in total. The van der Waals surface area contributed by atoms with E-state index in [0.717, 1.165) is 5.56 Å². The van der Waals surface area contributed by atoms with Gasteiger partial charge >= 0.3 is 0 Å². The molecule has 4 heteroatoms. The Morgan fingerprint density at radius 2 is 2.00 bits per heavy atom. The first-order chi connectivity index (χ1) is 9.74. The van der Waals surface area contributed by atoms with Crippen molar-refractivity contribution in [3.05, 3.63) is 65.2 Å². The fraction of sp³-hybridized carbons (Fsp3) is 0.125. The third-order valence-corrected chi connectivity index (χ3v) is 2.93. The van der Waals surface area contributed by atoms with E-state index in [0.29, 0.717) is 29.8 Å². The Morgan fingerprint density at radius 3 is 2.75 bits per heavy atom. The summed E-state index contributed by atoms with van der Waals surface area (Å²) >= 11 is 0. The summed E-state index contributed by atoms with van der Waals surface area (Å²) in [4.78, 5) is 12.3. The Balaban J connectivity index is 2.22. The average molecular weight is 265 g/mol. The molecule has 2 aromatic rings. The average Bonchev–Trinajstić information content (AvgIpc) is 2.48. The minimum absolute atomic E-state index is 0.191. The highest BCUT2D eigenvalue weighted by molar-refractivity contribution is 6.05. The standard InChI is InChI=1S/C16H15N3O/c17-9-8-13-5-1-2-7-15(13)16(20)19-14-6-3-4-12(10-14)11-18/h1-7,10H,8-9,17H2,(H,19,20). The number of nitrogens with two attached hydrogens (primary N) is 1. The molecule has 2 rings (SSSR count). The molecule has 0 saturated carbocycles. The van der Waals surface area contributed by atoms with Gasteiger partial charge in [0.2, 0.25) is 0 Å². The fourth-order valence-electron chi connectivity index (χ4n) is 1.98. The molecule has 0 aliphatic carbocycles. The van der Waals surface area contributed by atoms with E-state index in [-0.39, 0.29) is 5.91 Å². The maximum Gasteiger partial charge on any atom is 0.255 e. The minimum atomic E-state index is -0.191. The number of nitrogens with zero attached hydrogens (tertiary/aromatic N) is 1. The van der Waals surface area contributed by atoms with Gasteiger partial charge in [-0.15, -0.1) is 0 Å². The number of rotatable bonds is 4. The molecule has 0 aromatic heterocycles. The predicted molar refractivity (Wildman–Crippen MR) is 78.3 cm³/mol. The van der Waals surface area contributed by atoms with Crippen LogP contribution in [0.4, 0.5) is 5.69 Å². The zero-order valence-electron chi connectivity index (χ0n) is 11.0. The van der Waals surface area contributed by atoms with Gasteiger partial charge in [-0.1, -0.05) is 24.3 Å². The molecule has 0 spiro atoms. The fourth-order valence-corrected chi connectivity index (χ4v) is 1.98. The Kier molecular flexibility index (Phi) is 4.48. The van der Waals surface area contributed by atoms with Gasteiger partial charge in [-0.3, -0.25) is 4.79 Å². The molecule has 4 nitrogen and oxygen atoms in total. The van der Waals surface area contributed by atoms with Crippen molar-refractivity contribution in [3.8, 4) is 6.07 Å². The number of hydrogen-bond donors (Lipinski definition) is 2. The van der Waals surface area contributed by atoms with Crippen molar-refractivity contribution in [1.29, 1.82) is 5.26 Å². The van der Waals surface area contributed by atoms with Gasteiger partial charge in [-0.25, -0.2) is 0 Å². The number of anilines is 1. The number of nitriles is 1. The SMILES string of the molecule is N#Cc1cccc(NC(=O)c2ccccc2CCN)c1. The van der Waals surface area contributed by atoms with Crippen molar-refractivity contribution in [2.75, 3.05) is 11.9 Å². The molecule has 20 heavy (non-hydrogen) atoms. The molecule has 0 fully saturated rings. The van der Waals surface area contributed by atoms with Crippen LogP contribution in [0.5, 0.6) is 0 Å². The van der Waals surface area contributed by atoms with E-state index in [1.165, 1.54) is 0 Å². The lowest BCUT2D eigenvalue weighted by Gasteiger charge is -2.09. The van der Waals surface area contributed by atoms with Crippen molar-refractivity contribution < 1.29 is 4.79 Å². The lowest BCUT2D eigenvalue weighted by molar-refractivity contribution is 0.102. The van der Waals surface area contributed by atoms with Gasteiger partial charge in [0.25, 0.3) is 5.91 Å². The Bertz CT molecular complexity index is 659. The van der Waals surface area contributed by atoms with Crippen LogP contribution in [0.1, 0.15) is 21.5 Å². The largest absolute Gasteiger partial charge is 0.330 e. The molecule has 0 aliphatic rings. The number of benzene rings is 2. The molecule has 100 valence electrons. The van der Waals surface area contributed by atoms with Crippen molar-refractivity contribution >= 4 is 11.6 Å². The molecule has 0 radical (unpaired) electrons. The summed E-state index contributed by atoms with van der Waals surface area (Å²) in [7, 11) is 0. The van der Waals surface area contributed by atoms with Crippen LogP contribution < -0.4 is 11.1 Å². The zero-order valence-corrected chi connectivity index (χ0v) is 11.0. The molecule has 0 saturated heterocycles. The zero-order chi connectivity index (χ0) is 14.4. The van der Waals surface area contributed by atoms with Gasteiger partial charge < -0.3 is 11.1 Å². The summed E-state index contributed by atoms with van der Waals surface area (Å²) in [6.45, 7) is 0.494. The minimum Gasteiger partial charge on any atom is -0.330 e. The van der Waals surface area contributed by atoms with Gasteiger partial charge in [0, 0.05) is 11.3 Å². The predicted octanol–water partition coefficient (Wildman–Crippen LogP) is 2.31. The van der Waals surface area contributed by atoms with E-state index < -0.39 is 0 Å². The molecular weight excluding hydrogens is 250 g/mol. The number of amides is 1. The van der Waals surface area contributed by atoms with Crippen molar-refractivity contribution in [2.45, 2.75) is 6.42 Å². The van der Waals surface area contributed by atoms with E-state index in [9.17, 15) is 4.79 Å². The third-order valence-electron chi connectivity index (χ3n) is 2.93. The van der Waals surface area contributed by atoms with Crippen molar-refractivity contribution in [1.82, 2.24) is 0 Å². The number of hydrogen-bond acceptors (Lipinski definition) is 3. The first-order valence-corrected chi connectivity index (χ1v) is 6.34. The second-order valence-corrected chi connectivity index (χ2v) is 4.34. The summed E-state index contributed by atoms with van der Waals surface area (Å²) in [6, 6.07) is 16.2. The van der Waals surface area contributed by atoms with Gasteiger partial charge in [0.15, 0.2) is 0 Å². The molecular formula is C16H15N3O. The summed E-state index contributed by atoms with van der Waals surface area (Å²) in [5, 5.41) is 11.7. The third kappa shape index (κ3) is 3.22. The smallest absolute Gasteiger partial charge is 0.255 e. The Labute approximate surface area is 117 Å². The second kappa shape index (κ2) is 6.50. The maximum atomic E-state index is 12.3. The van der Waals surface area contributed by atoms with Crippen LogP contribution in [0.3, 0.4) is 0 Å². The topological polar surface area (TPSA) is 78.9 Å². The quantitative estimate of drug-likeness (QED) is 0.890. The normalized spacial score (nSPS) is 9.80. The summed E-state index contributed by atoms with van der Waals surface area (Å²) in [6.07, 6.45) is 0.655. The van der Waals surface area contributed by atoms with E-state index in [1.807, 2.05) is 24.3 Å².